The van der Waals surface area contributed by atoms with E-state index in [4.69, 9.17) is 9.72 Å². The summed E-state index contributed by atoms with van der Waals surface area (Å²) in [5.74, 6) is 1.52. The van der Waals surface area contributed by atoms with Crippen LogP contribution in [0, 0.1) is 0 Å². The van der Waals surface area contributed by atoms with E-state index < -0.39 is 0 Å². The van der Waals surface area contributed by atoms with Crippen molar-refractivity contribution in [1.29, 1.82) is 0 Å². The Morgan fingerprint density at radius 3 is 2.71 bits per heavy atom. The maximum Gasteiger partial charge on any atom is 0.129 e. The van der Waals surface area contributed by atoms with Gasteiger partial charge in [-0.2, -0.15) is 0 Å². The van der Waals surface area contributed by atoms with Gasteiger partial charge in [0.15, 0.2) is 0 Å². The van der Waals surface area contributed by atoms with Gasteiger partial charge in [-0.05, 0) is 51.4 Å². The van der Waals surface area contributed by atoms with Crippen LogP contribution < -0.4 is 10.2 Å². The molecule has 2 heterocycles. The zero-order chi connectivity index (χ0) is 15.6. The molecule has 2 rings (SSSR count). The zero-order valence-corrected chi connectivity index (χ0v) is 14.2. The SMILES string of the molecule is CNCc1cc(C(C)C)nc(N2CC(C)OC(C)(C)C2)c1. The van der Waals surface area contributed by atoms with E-state index in [0.717, 1.165) is 31.1 Å². The molecule has 4 heteroatoms. The molecule has 1 saturated heterocycles. The Kier molecular flexibility index (Phi) is 4.89. The van der Waals surface area contributed by atoms with Crippen LogP contribution in [0.1, 0.15) is 51.8 Å². The summed E-state index contributed by atoms with van der Waals surface area (Å²) in [6.45, 7) is 13.5. The first-order valence-corrected chi connectivity index (χ1v) is 7.89. The molecule has 1 aliphatic heterocycles. The molecule has 1 fully saturated rings. The third kappa shape index (κ3) is 4.17. The molecule has 0 aliphatic carbocycles. The van der Waals surface area contributed by atoms with E-state index in [1.54, 1.807) is 0 Å². The molecular formula is C17H29N3O. The minimum atomic E-state index is -0.129. The average molecular weight is 291 g/mol. The standard InChI is InChI=1S/C17H29N3O/c1-12(2)15-7-14(9-18-6)8-16(19-15)20-10-13(3)21-17(4,5)11-20/h7-8,12-13,18H,9-11H2,1-6H3. The molecule has 1 atom stereocenters. The van der Waals surface area contributed by atoms with Crippen molar-refractivity contribution < 1.29 is 4.74 Å². The highest BCUT2D eigenvalue weighted by Gasteiger charge is 2.32. The highest BCUT2D eigenvalue weighted by atomic mass is 16.5. The van der Waals surface area contributed by atoms with E-state index in [9.17, 15) is 0 Å². The highest BCUT2D eigenvalue weighted by Crippen LogP contribution is 2.27. The molecule has 1 aliphatic rings. The second kappa shape index (κ2) is 6.32. The first kappa shape index (κ1) is 16.2. The first-order chi connectivity index (χ1) is 9.80. The number of aromatic nitrogens is 1. The number of pyridine rings is 1. The van der Waals surface area contributed by atoms with Crippen molar-refractivity contribution in [2.75, 3.05) is 25.0 Å². The van der Waals surface area contributed by atoms with Crippen LogP contribution in [0.15, 0.2) is 12.1 Å². The van der Waals surface area contributed by atoms with E-state index >= 15 is 0 Å². The quantitative estimate of drug-likeness (QED) is 0.925. The lowest BCUT2D eigenvalue weighted by Crippen LogP contribution is -2.52. The number of hydrogen-bond acceptors (Lipinski definition) is 4. The first-order valence-electron chi connectivity index (χ1n) is 7.89. The van der Waals surface area contributed by atoms with Crippen molar-refractivity contribution in [3.05, 3.63) is 23.4 Å². The van der Waals surface area contributed by atoms with Gasteiger partial charge in [-0.15, -0.1) is 0 Å². The van der Waals surface area contributed by atoms with Gasteiger partial charge in [0, 0.05) is 25.3 Å². The maximum absolute atomic E-state index is 6.00. The maximum atomic E-state index is 6.00. The number of morpholine rings is 1. The number of anilines is 1. The summed E-state index contributed by atoms with van der Waals surface area (Å²) in [6.07, 6.45) is 0.228. The summed E-state index contributed by atoms with van der Waals surface area (Å²) < 4.78 is 6.00. The second-order valence-corrected chi connectivity index (χ2v) is 7.01. The summed E-state index contributed by atoms with van der Waals surface area (Å²) >= 11 is 0. The Morgan fingerprint density at radius 1 is 1.43 bits per heavy atom. The lowest BCUT2D eigenvalue weighted by atomic mass is 10.0. The van der Waals surface area contributed by atoms with Gasteiger partial charge in [-0.25, -0.2) is 4.98 Å². The summed E-state index contributed by atoms with van der Waals surface area (Å²) in [6, 6.07) is 4.41. The third-order valence-electron chi connectivity index (χ3n) is 3.76. The van der Waals surface area contributed by atoms with Gasteiger partial charge >= 0.3 is 0 Å². The van der Waals surface area contributed by atoms with Crippen LogP contribution in [0.2, 0.25) is 0 Å². The molecule has 0 aromatic carbocycles. The zero-order valence-electron chi connectivity index (χ0n) is 14.2. The van der Waals surface area contributed by atoms with E-state index in [-0.39, 0.29) is 11.7 Å². The van der Waals surface area contributed by atoms with Gasteiger partial charge in [0.1, 0.15) is 5.82 Å². The molecule has 0 amide bonds. The minimum Gasteiger partial charge on any atom is -0.369 e. The number of nitrogens with one attached hydrogen (secondary N) is 1. The molecule has 118 valence electrons. The molecule has 0 radical (unpaired) electrons. The van der Waals surface area contributed by atoms with E-state index in [2.05, 4.69) is 57.0 Å². The number of hydrogen-bond donors (Lipinski definition) is 1. The van der Waals surface area contributed by atoms with Crippen molar-refractivity contribution in [3.63, 3.8) is 0 Å². The Labute approximate surface area is 128 Å². The number of rotatable bonds is 4. The summed E-state index contributed by atoms with van der Waals surface area (Å²) in [5, 5.41) is 3.23. The fraction of sp³-hybridized carbons (Fsp3) is 0.706. The molecule has 0 spiro atoms. The summed E-state index contributed by atoms with van der Waals surface area (Å²) in [7, 11) is 1.98. The Morgan fingerprint density at radius 2 is 2.14 bits per heavy atom. The van der Waals surface area contributed by atoms with Crippen LogP contribution in [0.4, 0.5) is 5.82 Å². The Bertz CT molecular complexity index is 485. The number of ether oxygens (including phenoxy) is 1. The van der Waals surface area contributed by atoms with Crippen molar-refractivity contribution in [2.45, 2.75) is 58.8 Å². The fourth-order valence-electron chi connectivity index (χ4n) is 2.99. The smallest absolute Gasteiger partial charge is 0.129 e. The highest BCUT2D eigenvalue weighted by molar-refractivity contribution is 5.44. The largest absolute Gasteiger partial charge is 0.369 e. The second-order valence-electron chi connectivity index (χ2n) is 7.01. The van der Waals surface area contributed by atoms with Gasteiger partial charge in [0.05, 0.1) is 11.7 Å². The summed E-state index contributed by atoms with van der Waals surface area (Å²) in [5.41, 5.74) is 2.33. The van der Waals surface area contributed by atoms with Crippen LogP contribution in [-0.4, -0.2) is 36.8 Å². The van der Waals surface area contributed by atoms with Crippen molar-refractivity contribution in [2.24, 2.45) is 0 Å². The summed E-state index contributed by atoms with van der Waals surface area (Å²) in [4.78, 5) is 7.24. The predicted octanol–water partition coefficient (Wildman–Crippen LogP) is 2.93. The molecule has 1 unspecified atom stereocenters. The molecule has 0 saturated carbocycles. The number of nitrogens with zero attached hydrogens (tertiary/aromatic N) is 2. The van der Waals surface area contributed by atoms with E-state index in [0.29, 0.717) is 5.92 Å². The van der Waals surface area contributed by atoms with Crippen LogP contribution in [0.25, 0.3) is 0 Å². The van der Waals surface area contributed by atoms with Gasteiger partial charge in [-0.1, -0.05) is 13.8 Å². The molecule has 4 nitrogen and oxygen atoms in total. The molecule has 0 bridgehead atoms. The van der Waals surface area contributed by atoms with Crippen molar-refractivity contribution in [3.8, 4) is 0 Å². The Balaban J connectivity index is 2.33. The lowest BCUT2D eigenvalue weighted by molar-refractivity contribution is -0.0751. The molecule has 21 heavy (non-hydrogen) atoms. The van der Waals surface area contributed by atoms with Crippen LogP contribution in [-0.2, 0) is 11.3 Å². The van der Waals surface area contributed by atoms with Gasteiger partial charge in [0.25, 0.3) is 0 Å². The molecule has 1 aromatic rings. The molecule has 1 N–H and O–H groups in total. The van der Waals surface area contributed by atoms with Gasteiger partial charge in [0.2, 0.25) is 0 Å². The fourth-order valence-corrected chi connectivity index (χ4v) is 2.99. The van der Waals surface area contributed by atoms with E-state index in [1.165, 1.54) is 5.56 Å². The topological polar surface area (TPSA) is 37.4 Å². The van der Waals surface area contributed by atoms with Crippen LogP contribution >= 0.6 is 0 Å². The van der Waals surface area contributed by atoms with Crippen molar-refractivity contribution >= 4 is 5.82 Å². The minimum absolute atomic E-state index is 0.129. The van der Waals surface area contributed by atoms with E-state index in [1.807, 2.05) is 7.05 Å². The molecular weight excluding hydrogens is 262 g/mol. The van der Waals surface area contributed by atoms with Crippen LogP contribution in [0.5, 0.6) is 0 Å². The predicted molar refractivity (Wildman–Crippen MR) is 87.9 cm³/mol. The lowest BCUT2D eigenvalue weighted by Gasteiger charge is -2.42. The third-order valence-corrected chi connectivity index (χ3v) is 3.76. The Hall–Kier alpha value is -1.13. The monoisotopic (exact) mass is 291 g/mol. The van der Waals surface area contributed by atoms with Crippen LogP contribution in [0.3, 0.4) is 0 Å². The van der Waals surface area contributed by atoms with Gasteiger partial charge < -0.3 is 15.0 Å². The molecule has 1 aromatic heterocycles. The van der Waals surface area contributed by atoms with Crippen molar-refractivity contribution in [1.82, 2.24) is 10.3 Å². The van der Waals surface area contributed by atoms with Gasteiger partial charge in [-0.3, -0.25) is 0 Å². The average Bonchev–Trinajstić information content (AvgIpc) is 2.36. The normalized spacial score (nSPS) is 21.9.